The van der Waals surface area contributed by atoms with Gasteiger partial charge in [0.25, 0.3) is 0 Å². The number of nitrogens with one attached hydrogen (secondary N) is 1. The minimum absolute atomic E-state index is 0.0949. The number of amides is 2. The highest BCUT2D eigenvalue weighted by Gasteiger charge is 2.22. The summed E-state index contributed by atoms with van der Waals surface area (Å²) >= 11 is 0. The van der Waals surface area contributed by atoms with Crippen LogP contribution in [-0.2, 0) is 6.54 Å². The molecule has 0 aromatic heterocycles. The van der Waals surface area contributed by atoms with Crippen LogP contribution in [0.25, 0.3) is 0 Å². The second kappa shape index (κ2) is 5.27. The van der Waals surface area contributed by atoms with E-state index in [1.54, 1.807) is 11.9 Å². The Hall–Kier alpha value is -1.84. The summed E-state index contributed by atoms with van der Waals surface area (Å²) in [4.78, 5) is 25.5. The Morgan fingerprint density at radius 1 is 1.35 bits per heavy atom. The Labute approximate surface area is 119 Å². The highest BCUT2D eigenvalue weighted by molar-refractivity contribution is 5.98. The van der Waals surface area contributed by atoms with Gasteiger partial charge in [0.1, 0.15) is 0 Å². The molecule has 0 radical (unpaired) electrons. The van der Waals surface area contributed by atoms with Crippen LogP contribution in [0.5, 0.6) is 0 Å². The van der Waals surface area contributed by atoms with Crippen molar-refractivity contribution in [3.05, 3.63) is 29.3 Å². The molecule has 3 rings (SSSR count). The Kier molecular flexibility index (Phi) is 3.47. The molecular weight excluding hydrogens is 252 g/mol. The molecule has 1 heterocycles. The fraction of sp³-hybridized carbons (Fsp3) is 0.500. The largest absolute Gasteiger partial charge is 0.323 e. The van der Waals surface area contributed by atoms with Gasteiger partial charge in [0.2, 0.25) is 0 Å². The lowest BCUT2D eigenvalue weighted by Gasteiger charge is -2.26. The van der Waals surface area contributed by atoms with Crippen LogP contribution in [0.1, 0.15) is 48.0 Å². The molecule has 1 aromatic rings. The van der Waals surface area contributed by atoms with Crippen LogP contribution < -0.4 is 5.32 Å². The summed E-state index contributed by atoms with van der Waals surface area (Å²) in [7, 11) is 1.76. The van der Waals surface area contributed by atoms with Gasteiger partial charge in [-0.1, -0.05) is 25.7 Å². The van der Waals surface area contributed by atoms with Crippen molar-refractivity contribution in [2.45, 2.75) is 38.6 Å². The molecule has 0 spiro atoms. The normalized spacial score (nSPS) is 18.9. The molecule has 1 N–H and O–H groups in total. The number of fused-ring (bicyclic) bond motifs is 1. The average molecular weight is 272 g/mol. The van der Waals surface area contributed by atoms with Gasteiger partial charge in [-0.05, 0) is 29.7 Å². The van der Waals surface area contributed by atoms with Crippen LogP contribution in [0.4, 0.5) is 10.5 Å². The minimum Gasteiger partial charge on any atom is -0.323 e. The zero-order chi connectivity index (χ0) is 14.1. The first-order chi connectivity index (χ1) is 9.63. The van der Waals surface area contributed by atoms with Crippen LogP contribution in [0.15, 0.2) is 18.2 Å². The second-order valence-electron chi connectivity index (χ2n) is 5.94. The molecule has 2 aliphatic rings. The number of hydrogen-bond acceptors (Lipinski definition) is 2. The van der Waals surface area contributed by atoms with E-state index < -0.39 is 0 Å². The molecule has 2 amide bonds. The van der Waals surface area contributed by atoms with Crippen LogP contribution in [0.2, 0.25) is 0 Å². The maximum Gasteiger partial charge on any atom is 0.321 e. The molecule has 1 aromatic carbocycles. The average Bonchev–Trinajstić information content (AvgIpc) is 2.92. The van der Waals surface area contributed by atoms with E-state index in [1.807, 2.05) is 18.2 Å². The molecule has 1 saturated carbocycles. The topological polar surface area (TPSA) is 49.4 Å². The van der Waals surface area contributed by atoms with Crippen molar-refractivity contribution >= 4 is 17.5 Å². The van der Waals surface area contributed by atoms with Gasteiger partial charge >= 0.3 is 6.03 Å². The van der Waals surface area contributed by atoms with Gasteiger partial charge in [-0.15, -0.1) is 0 Å². The van der Waals surface area contributed by atoms with Crippen LogP contribution in [0, 0.1) is 5.92 Å². The van der Waals surface area contributed by atoms with E-state index in [9.17, 15) is 9.59 Å². The van der Waals surface area contributed by atoms with E-state index in [0.717, 1.165) is 16.8 Å². The van der Waals surface area contributed by atoms with Crippen molar-refractivity contribution in [2.24, 2.45) is 5.92 Å². The molecule has 4 heteroatoms. The number of carbonyl (C=O) groups is 2. The van der Waals surface area contributed by atoms with Gasteiger partial charge in [-0.25, -0.2) is 4.79 Å². The van der Waals surface area contributed by atoms with Crippen molar-refractivity contribution in [3.63, 3.8) is 0 Å². The lowest BCUT2D eigenvalue weighted by atomic mass is 9.95. The lowest BCUT2D eigenvalue weighted by Crippen LogP contribution is -2.35. The molecule has 4 nitrogen and oxygen atoms in total. The highest BCUT2D eigenvalue weighted by atomic mass is 16.2. The van der Waals surface area contributed by atoms with Crippen LogP contribution >= 0.6 is 0 Å². The van der Waals surface area contributed by atoms with Gasteiger partial charge in [0.15, 0.2) is 5.78 Å². The molecule has 20 heavy (non-hydrogen) atoms. The SMILES string of the molecule is CN1Cc2cc(C(=O)CC3CCCC3)ccc2NC1=O. The van der Waals surface area contributed by atoms with E-state index >= 15 is 0 Å². The summed E-state index contributed by atoms with van der Waals surface area (Å²) in [5.41, 5.74) is 2.62. The molecule has 1 aliphatic carbocycles. The Morgan fingerprint density at radius 3 is 2.85 bits per heavy atom. The van der Waals surface area contributed by atoms with Crippen molar-refractivity contribution < 1.29 is 9.59 Å². The first-order valence-corrected chi connectivity index (χ1v) is 7.32. The third-order valence-electron chi connectivity index (χ3n) is 4.37. The summed E-state index contributed by atoms with van der Waals surface area (Å²) in [5.74, 6) is 0.806. The lowest BCUT2D eigenvalue weighted by molar-refractivity contribution is 0.0962. The number of urea groups is 1. The molecule has 106 valence electrons. The van der Waals surface area contributed by atoms with Gasteiger partial charge in [-0.2, -0.15) is 0 Å². The first-order valence-electron chi connectivity index (χ1n) is 7.32. The monoisotopic (exact) mass is 272 g/mol. The second-order valence-corrected chi connectivity index (χ2v) is 5.94. The van der Waals surface area contributed by atoms with Crippen LogP contribution in [0.3, 0.4) is 0 Å². The molecular formula is C16H20N2O2. The number of Topliss-reactive ketones (excluding diaryl/α,β-unsaturated/α-hetero) is 1. The van der Waals surface area contributed by atoms with E-state index in [2.05, 4.69) is 5.32 Å². The third-order valence-corrected chi connectivity index (χ3v) is 4.37. The quantitative estimate of drug-likeness (QED) is 0.857. The zero-order valence-electron chi connectivity index (χ0n) is 11.8. The molecule has 0 saturated heterocycles. The predicted octanol–water partition coefficient (Wildman–Crippen LogP) is 3.43. The smallest absolute Gasteiger partial charge is 0.321 e. The third kappa shape index (κ3) is 2.55. The summed E-state index contributed by atoms with van der Waals surface area (Å²) in [6, 6.07) is 5.52. The number of nitrogens with zero attached hydrogens (tertiary/aromatic N) is 1. The zero-order valence-corrected chi connectivity index (χ0v) is 11.8. The van der Waals surface area contributed by atoms with Gasteiger partial charge in [-0.3, -0.25) is 4.79 Å². The summed E-state index contributed by atoms with van der Waals surface area (Å²) in [6.07, 6.45) is 5.57. The van der Waals surface area contributed by atoms with Crippen LogP contribution in [-0.4, -0.2) is 23.8 Å². The van der Waals surface area contributed by atoms with E-state index in [4.69, 9.17) is 0 Å². The fourth-order valence-electron chi connectivity index (χ4n) is 3.15. The number of rotatable bonds is 3. The summed E-state index contributed by atoms with van der Waals surface area (Å²) < 4.78 is 0. The highest BCUT2D eigenvalue weighted by Crippen LogP contribution is 2.30. The van der Waals surface area contributed by atoms with E-state index in [-0.39, 0.29) is 11.8 Å². The van der Waals surface area contributed by atoms with Gasteiger partial charge in [0.05, 0.1) is 0 Å². The molecule has 0 bridgehead atoms. The van der Waals surface area contributed by atoms with Gasteiger partial charge in [0, 0.05) is 31.3 Å². The Balaban J connectivity index is 1.76. The van der Waals surface area contributed by atoms with Crippen molar-refractivity contribution in [2.75, 3.05) is 12.4 Å². The number of ketones is 1. The fourth-order valence-corrected chi connectivity index (χ4v) is 3.15. The predicted molar refractivity (Wildman–Crippen MR) is 77.8 cm³/mol. The van der Waals surface area contributed by atoms with E-state index in [0.29, 0.717) is 18.9 Å². The van der Waals surface area contributed by atoms with Gasteiger partial charge < -0.3 is 10.2 Å². The number of benzene rings is 1. The number of carbonyl (C=O) groups excluding carboxylic acids is 2. The first kappa shape index (κ1) is 13.2. The minimum atomic E-state index is -0.0949. The molecule has 1 aliphatic heterocycles. The molecule has 0 unspecified atom stereocenters. The Morgan fingerprint density at radius 2 is 2.10 bits per heavy atom. The molecule has 1 fully saturated rings. The van der Waals surface area contributed by atoms with Crippen molar-refractivity contribution in [1.82, 2.24) is 4.90 Å². The summed E-state index contributed by atoms with van der Waals surface area (Å²) in [6.45, 7) is 0.561. The number of anilines is 1. The van der Waals surface area contributed by atoms with Crippen molar-refractivity contribution in [1.29, 1.82) is 0 Å². The van der Waals surface area contributed by atoms with Crippen molar-refractivity contribution in [3.8, 4) is 0 Å². The maximum absolute atomic E-state index is 12.3. The number of hydrogen-bond donors (Lipinski definition) is 1. The maximum atomic E-state index is 12.3. The molecule has 0 atom stereocenters. The Bertz CT molecular complexity index is 547. The van der Waals surface area contributed by atoms with E-state index in [1.165, 1.54) is 25.7 Å². The summed E-state index contributed by atoms with van der Waals surface area (Å²) in [5, 5.41) is 2.82. The standard InChI is InChI=1S/C16H20N2O2/c1-18-10-13-9-12(6-7-14(13)17-16(18)20)15(19)8-11-4-2-3-5-11/h6-7,9,11H,2-5,8,10H2,1H3,(H,17,20).